The minimum Gasteiger partial charge on any atom is -0.369 e. The van der Waals surface area contributed by atoms with Gasteiger partial charge in [-0.3, -0.25) is 0 Å². The van der Waals surface area contributed by atoms with E-state index in [2.05, 4.69) is 11.6 Å². The van der Waals surface area contributed by atoms with Crippen molar-refractivity contribution in [3.05, 3.63) is 24.4 Å². The Balaban J connectivity index is 3.88. The lowest BCUT2D eigenvalue weighted by Gasteiger charge is -2.01. The lowest BCUT2D eigenvalue weighted by Crippen LogP contribution is -2.07. The van der Waals surface area contributed by atoms with Crippen LogP contribution in [-0.2, 0) is 0 Å². The smallest absolute Gasteiger partial charge is 0.0902 e. The maximum atomic E-state index is 4.10. The van der Waals surface area contributed by atoms with Gasteiger partial charge in [-0.2, -0.15) is 0 Å². The maximum Gasteiger partial charge on any atom is 0.0902 e. The van der Waals surface area contributed by atoms with Crippen molar-refractivity contribution in [2.45, 2.75) is 6.92 Å². The molecule has 0 unspecified atom stereocenters. The third-order valence-electron chi connectivity index (χ3n) is 0.851. The van der Waals surface area contributed by atoms with Crippen LogP contribution in [0.25, 0.3) is 0 Å². The zero-order chi connectivity index (χ0) is 7.98. The maximum absolute atomic E-state index is 4.10. The number of hydrogen-bond donors (Lipinski definition) is 0. The Morgan fingerprint density at radius 1 is 1.50 bits per heavy atom. The predicted octanol–water partition coefficient (Wildman–Crippen LogP) is 1.67. The molecule has 56 valence electrons. The van der Waals surface area contributed by atoms with Crippen LogP contribution >= 0.6 is 0 Å². The van der Waals surface area contributed by atoms with Crippen molar-refractivity contribution >= 4 is 6.34 Å². The molecule has 0 aromatic heterocycles. The van der Waals surface area contributed by atoms with Gasteiger partial charge in [-0.05, 0) is 13.0 Å². The van der Waals surface area contributed by atoms with Crippen LogP contribution in [0.15, 0.2) is 29.4 Å². The fourth-order valence-corrected chi connectivity index (χ4v) is 0.420. The average Bonchev–Trinajstić information content (AvgIpc) is 1.85. The number of hydrogen-bond acceptors (Lipinski definition) is 1. The van der Waals surface area contributed by atoms with E-state index in [4.69, 9.17) is 0 Å². The molecule has 0 saturated carbocycles. The molecular formula is C8H14N2. The summed E-state index contributed by atoms with van der Waals surface area (Å²) in [4.78, 5) is 5.99. The first kappa shape index (κ1) is 8.95. The Morgan fingerprint density at radius 2 is 2.10 bits per heavy atom. The highest BCUT2D eigenvalue weighted by molar-refractivity contribution is 5.55. The van der Waals surface area contributed by atoms with E-state index < -0.39 is 0 Å². The Bertz CT molecular complexity index is 155. The summed E-state index contributed by atoms with van der Waals surface area (Å²) in [5, 5.41) is 0. The molecule has 0 rings (SSSR count). The summed E-state index contributed by atoms with van der Waals surface area (Å²) in [6, 6.07) is 0. The quantitative estimate of drug-likeness (QED) is 0.329. The fraction of sp³-hybridized carbons (Fsp3) is 0.375. The topological polar surface area (TPSA) is 15.6 Å². The predicted molar refractivity (Wildman–Crippen MR) is 46.1 cm³/mol. The second-order valence-electron chi connectivity index (χ2n) is 2.25. The molecule has 0 saturated heterocycles. The number of rotatable bonds is 3. The molecule has 0 aromatic rings. The van der Waals surface area contributed by atoms with Gasteiger partial charge in [0.15, 0.2) is 0 Å². The highest BCUT2D eigenvalue weighted by Crippen LogP contribution is 1.92. The molecule has 0 aliphatic rings. The van der Waals surface area contributed by atoms with Crippen LogP contribution in [0.1, 0.15) is 6.92 Å². The monoisotopic (exact) mass is 138 g/mol. The molecule has 0 heterocycles. The van der Waals surface area contributed by atoms with Crippen molar-refractivity contribution in [2.75, 3.05) is 14.1 Å². The van der Waals surface area contributed by atoms with Crippen LogP contribution < -0.4 is 0 Å². The zero-order valence-corrected chi connectivity index (χ0v) is 6.83. The molecule has 0 aliphatic heterocycles. The molecule has 0 aromatic carbocycles. The van der Waals surface area contributed by atoms with Gasteiger partial charge in [0.2, 0.25) is 0 Å². The van der Waals surface area contributed by atoms with Crippen molar-refractivity contribution in [3.8, 4) is 0 Å². The van der Waals surface area contributed by atoms with E-state index in [1.54, 1.807) is 12.4 Å². The lowest BCUT2D eigenvalue weighted by atomic mass is 10.4. The SMILES string of the molecule is C=C/C=C(/C)N=CN(C)C. The Kier molecular flexibility index (Phi) is 4.29. The van der Waals surface area contributed by atoms with Gasteiger partial charge in [0.05, 0.1) is 6.34 Å². The van der Waals surface area contributed by atoms with Gasteiger partial charge in [-0.25, -0.2) is 4.99 Å². The minimum absolute atomic E-state index is 0.962. The summed E-state index contributed by atoms with van der Waals surface area (Å²) < 4.78 is 0. The van der Waals surface area contributed by atoms with E-state index in [1.807, 2.05) is 32.0 Å². The van der Waals surface area contributed by atoms with E-state index in [1.165, 1.54) is 0 Å². The summed E-state index contributed by atoms with van der Waals surface area (Å²) in [6.07, 6.45) is 5.34. The Labute approximate surface area is 62.6 Å². The van der Waals surface area contributed by atoms with Gasteiger partial charge < -0.3 is 4.90 Å². The number of nitrogens with zero attached hydrogens (tertiary/aromatic N) is 2. The van der Waals surface area contributed by atoms with Crippen LogP contribution in [0.4, 0.5) is 0 Å². The summed E-state index contributed by atoms with van der Waals surface area (Å²) in [6.45, 7) is 5.50. The lowest BCUT2D eigenvalue weighted by molar-refractivity contribution is 0.642. The fourth-order valence-electron chi connectivity index (χ4n) is 0.420. The number of allylic oxidation sites excluding steroid dienone is 3. The summed E-state index contributed by atoms with van der Waals surface area (Å²) in [7, 11) is 3.87. The molecule has 10 heavy (non-hydrogen) atoms. The highest BCUT2D eigenvalue weighted by atomic mass is 15.1. The molecular weight excluding hydrogens is 124 g/mol. The Morgan fingerprint density at radius 3 is 2.50 bits per heavy atom. The second-order valence-corrected chi connectivity index (χ2v) is 2.25. The van der Waals surface area contributed by atoms with E-state index in [9.17, 15) is 0 Å². The van der Waals surface area contributed by atoms with Crippen LogP contribution in [0.3, 0.4) is 0 Å². The molecule has 0 spiro atoms. The van der Waals surface area contributed by atoms with Crippen molar-refractivity contribution < 1.29 is 0 Å². The third-order valence-corrected chi connectivity index (χ3v) is 0.851. The van der Waals surface area contributed by atoms with Crippen LogP contribution in [0.2, 0.25) is 0 Å². The normalized spacial score (nSPS) is 12.1. The van der Waals surface area contributed by atoms with Gasteiger partial charge in [0.25, 0.3) is 0 Å². The van der Waals surface area contributed by atoms with Crippen LogP contribution in [0.5, 0.6) is 0 Å². The van der Waals surface area contributed by atoms with Gasteiger partial charge in [-0.15, -0.1) is 0 Å². The minimum atomic E-state index is 0.962. The molecule has 0 N–H and O–H groups in total. The summed E-state index contributed by atoms with van der Waals surface area (Å²) in [5.74, 6) is 0. The van der Waals surface area contributed by atoms with Crippen molar-refractivity contribution in [2.24, 2.45) is 4.99 Å². The summed E-state index contributed by atoms with van der Waals surface area (Å²) in [5.41, 5.74) is 0.962. The molecule has 0 radical (unpaired) electrons. The van der Waals surface area contributed by atoms with Gasteiger partial charge in [0.1, 0.15) is 0 Å². The van der Waals surface area contributed by atoms with Gasteiger partial charge in [0, 0.05) is 19.8 Å². The van der Waals surface area contributed by atoms with E-state index in [0.29, 0.717) is 0 Å². The van der Waals surface area contributed by atoms with Crippen LogP contribution in [-0.4, -0.2) is 25.3 Å². The first-order valence-electron chi connectivity index (χ1n) is 3.16. The molecule has 2 heteroatoms. The molecule has 0 fully saturated rings. The first-order valence-corrected chi connectivity index (χ1v) is 3.16. The van der Waals surface area contributed by atoms with Gasteiger partial charge in [-0.1, -0.05) is 12.7 Å². The van der Waals surface area contributed by atoms with E-state index in [-0.39, 0.29) is 0 Å². The molecule has 0 bridgehead atoms. The first-order chi connectivity index (χ1) is 4.66. The molecule has 0 amide bonds. The standard InChI is InChI=1S/C8H14N2/c1-5-6-8(2)9-7-10(3)4/h5-7H,1H2,2-4H3/b8-6-,9-7?. The van der Waals surface area contributed by atoms with Crippen molar-refractivity contribution in [3.63, 3.8) is 0 Å². The van der Waals surface area contributed by atoms with Crippen LogP contribution in [0, 0.1) is 0 Å². The highest BCUT2D eigenvalue weighted by Gasteiger charge is 1.78. The molecule has 2 nitrogen and oxygen atoms in total. The summed E-state index contributed by atoms with van der Waals surface area (Å²) >= 11 is 0. The second kappa shape index (κ2) is 4.79. The molecule has 0 aliphatic carbocycles. The zero-order valence-electron chi connectivity index (χ0n) is 6.83. The average molecular weight is 138 g/mol. The van der Waals surface area contributed by atoms with E-state index >= 15 is 0 Å². The third kappa shape index (κ3) is 5.09. The number of aliphatic imine (C=N–C) groups is 1. The molecule has 0 atom stereocenters. The van der Waals surface area contributed by atoms with Crippen molar-refractivity contribution in [1.29, 1.82) is 0 Å². The Hall–Kier alpha value is -1.05. The largest absolute Gasteiger partial charge is 0.369 e. The van der Waals surface area contributed by atoms with Crippen molar-refractivity contribution in [1.82, 2.24) is 4.90 Å². The van der Waals surface area contributed by atoms with E-state index in [0.717, 1.165) is 5.70 Å². The van der Waals surface area contributed by atoms with Gasteiger partial charge >= 0.3 is 0 Å².